The van der Waals surface area contributed by atoms with Gasteiger partial charge in [0.1, 0.15) is 5.82 Å². The van der Waals surface area contributed by atoms with Crippen molar-refractivity contribution < 1.29 is 40.6 Å². The van der Waals surface area contributed by atoms with Crippen LogP contribution in [0.15, 0.2) is 18.2 Å². The van der Waals surface area contributed by atoms with Crippen LogP contribution in [0.5, 0.6) is 0 Å². The van der Waals surface area contributed by atoms with Crippen molar-refractivity contribution >= 4 is 6.09 Å². The first kappa shape index (κ1) is 22.9. The van der Waals surface area contributed by atoms with Gasteiger partial charge in [0.25, 0.3) is 0 Å². The largest absolute Gasteiger partial charge is 0.465 e. The number of aromatic nitrogens is 2. The molecule has 31 heavy (non-hydrogen) atoms. The Morgan fingerprint density at radius 1 is 1.16 bits per heavy atom. The van der Waals surface area contributed by atoms with E-state index in [1.54, 1.807) is 6.92 Å². The number of carbonyl (C=O) groups is 1. The summed E-state index contributed by atoms with van der Waals surface area (Å²) in [5.74, 6) is -2.59. The lowest BCUT2D eigenvalue weighted by Crippen LogP contribution is -2.42. The lowest BCUT2D eigenvalue weighted by Gasteiger charge is -2.36. The second-order valence-electron chi connectivity index (χ2n) is 7.11. The number of rotatable bonds is 4. The third kappa shape index (κ3) is 4.47. The molecular formula is C19H18F7N3O2. The lowest BCUT2D eigenvalue weighted by atomic mass is 9.97. The SMILES string of the molecule is CCc1nc(C(F)(F)F)n2c1C(CCc1ccc(C(F)(F)F)c(F)c1)N(C(=O)O)CC2. The number of carboxylic acid groups (broad SMARTS) is 1. The highest BCUT2D eigenvalue weighted by molar-refractivity contribution is 5.66. The van der Waals surface area contributed by atoms with Crippen molar-refractivity contribution in [1.82, 2.24) is 14.5 Å². The number of alkyl halides is 6. The molecule has 1 aliphatic heterocycles. The van der Waals surface area contributed by atoms with E-state index in [-0.39, 0.29) is 49.3 Å². The summed E-state index contributed by atoms with van der Waals surface area (Å²) in [5, 5.41) is 9.52. The molecule has 2 aromatic rings. The van der Waals surface area contributed by atoms with E-state index in [9.17, 15) is 40.6 Å². The molecule has 12 heteroatoms. The fourth-order valence-electron chi connectivity index (χ4n) is 3.87. The minimum atomic E-state index is -4.86. The first-order chi connectivity index (χ1) is 14.3. The number of fused-ring (bicyclic) bond motifs is 1. The molecule has 2 heterocycles. The topological polar surface area (TPSA) is 58.4 Å². The molecule has 0 bridgehead atoms. The Balaban J connectivity index is 1.95. The van der Waals surface area contributed by atoms with Crippen LogP contribution >= 0.6 is 0 Å². The van der Waals surface area contributed by atoms with Crippen molar-refractivity contribution in [2.45, 2.75) is 51.1 Å². The van der Waals surface area contributed by atoms with Crippen molar-refractivity contribution in [3.05, 3.63) is 52.4 Å². The van der Waals surface area contributed by atoms with E-state index in [0.29, 0.717) is 12.1 Å². The Morgan fingerprint density at radius 2 is 1.84 bits per heavy atom. The average molecular weight is 453 g/mol. The van der Waals surface area contributed by atoms with Gasteiger partial charge in [-0.3, -0.25) is 4.90 Å². The number of hydrogen-bond acceptors (Lipinski definition) is 2. The van der Waals surface area contributed by atoms with E-state index in [4.69, 9.17) is 0 Å². The van der Waals surface area contributed by atoms with Gasteiger partial charge in [0.05, 0.1) is 23.0 Å². The minimum Gasteiger partial charge on any atom is -0.465 e. The predicted molar refractivity (Wildman–Crippen MR) is 93.8 cm³/mol. The van der Waals surface area contributed by atoms with Gasteiger partial charge >= 0.3 is 18.4 Å². The third-order valence-electron chi connectivity index (χ3n) is 5.22. The van der Waals surface area contributed by atoms with Crippen LogP contribution in [0.4, 0.5) is 35.5 Å². The van der Waals surface area contributed by atoms with Gasteiger partial charge in [-0.05, 0) is 37.0 Å². The summed E-state index contributed by atoms with van der Waals surface area (Å²) in [5.41, 5.74) is -1.05. The zero-order valence-corrected chi connectivity index (χ0v) is 16.2. The van der Waals surface area contributed by atoms with Crippen LogP contribution in [0.2, 0.25) is 0 Å². The Labute approximate surface area is 172 Å². The maximum Gasteiger partial charge on any atom is 0.449 e. The molecule has 1 aliphatic rings. The molecule has 0 spiro atoms. The van der Waals surface area contributed by atoms with Gasteiger partial charge in [0, 0.05) is 13.1 Å². The summed E-state index contributed by atoms with van der Waals surface area (Å²) >= 11 is 0. The van der Waals surface area contributed by atoms with Crippen LogP contribution in [0.1, 0.15) is 47.7 Å². The van der Waals surface area contributed by atoms with Gasteiger partial charge in [0.15, 0.2) is 0 Å². The van der Waals surface area contributed by atoms with Crippen LogP contribution in [0.25, 0.3) is 0 Å². The number of amides is 1. The molecule has 0 saturated heterocycles. The molecule has 1 aromatic heterocycles. The van der Waals surface area contributed by atoms with E-state index in [1.807, 2.05) is 0 Å². The first-order valence-corrected chi connectivity index (χ1v) is 9.36. The normalized spacial score (nSPS) is 17.0. The number of halogens is 7. The molecule has 0 fully saturated rings. The molecular weight excluding hydrogens is 435 g/mol. The molecule has 1 amide bonds. The van der Waals surface area contributed by atoms with Gasteiger partial charge in [-0.2, -0.15) is 26.3 Å². The maximum absolute atomic E-state index is 13.8. The van der Waals surface area contributed by atoms with Crippen molar-refractivity contribution in [2.75, 3.05) is 6.54 Å². The van der Waals surface area contributed by atoms with E-state index in [2.05, 4.69) is 4.98 Å². The predicted octanol–water partition coefficient (Wildman–Crippen LogP) is 5.29. The Morgan fingerprint density at radius 3 is 2.35 bits per heavy atom. The highest BCUT2D eigenvalue weighted by Crippen LogP contribution is 2.39. The second kappa shape index (κ2) is 8.04. The van der Waals surface area contributed by atoms with Crippen LogP contribution in [0, 0.1) is 5.82 Å². The summed E-state index contributed by atoms with van der Waals surface area (Å²) < 4.78 is 93.2. The zero-order chi connectivity index (χ0) is 23.1. The zero-order valence-electron chi connectivity index (χ0n) is 16.2. The lowest BCUT2D eigenvalue weighted by molar-refractivity contribution is -0.148. The Bertz CT molecular complexity index is 982. The molecule has 1 atom stereocenters. The van der Waals surface area contributed by atoms with Crippen LogP contribution in [0.3, 0.4) is 0 Å². The number of hydrogen-bond donors (Lipinski definition) is 1. The molecule has 0 radical (unpaired) electrons. The van der Waals surface area contributed by atoms with E-state index < -0.39 is 41.7 Å². The second-order valence-corrected chi connectivity index (χ2v) is 7.11. The highest BCUT2D eigenvalue weighted by atomic mass is 19.4. The smallest absolute Gasteiger partial charge is 0.449 e. The van der Waals surface area contributed by atoms with Crippen LogP contribution < -0.4 is 0 Å². The summed E-state index contributed by atoms with van der Waals surface area (Å²) in [4.78, 5) is 16.3. The van der Waals surface area contributed by atoms with Crippen molar-refractivity contribution in [2.24, 2.45) is 0 Å². The molecule has 0 aliphatic carbocycles. The van der Waals surface area contributed by atoms with Crippen LogP contribution in [-0.2, 0) is 31.7 Å². The van der Waals surface area contributed by atoms with E-state index in [0.717, 1.165) is 15.5 Å². The number of aryl methyl sites for hydroxylation is 2. The van der Waals surface area contributed by atoms with Gasteiger partial charge in [-0.1, -0.05) is 13.0 Å². The summed E-state index contributed by atoms with van der Waals surface area (Å²) in [6.45, 7) is 1.15. The average Bonchev–Trinajstić information content (AvgIpc) is 3.04. The standard InChI is InChI=1S/C19H18F7N3O2/c1-2-13-15-14(6-4-10-3-5-11(12(20)9-10)18(21,22)23)28(17(30)31)7-8-29(15)16(27-13)19(24,25)26/h3,5,9,14H,2,4,6-8H2,1H3,(H,30,31). The number of benzene rings is 1. The highest BCUT2D eigenvalue weighted by Gasteiger charge is 2.43. The Kier molecular flexibility index (Phi) is 5.94. The molecule has 170 valence electrons. The molecule has 1 unspecified atom stereocenters. The molecule has 5 nitrogen and oxygen atoms in total. The fraction of sp³-hybridized carbons (Fsp3) is 0.474. The summed E-state index contributed by atoms with van der Waals surface area (Å²) in [7, 11) is 0. The van der Waals surface area contributed by atoms with Gasteiger partial charge in [0.2, 0.25) is 5.82 Å². The number of imidazole rings is 1. The quantitative estimate of drug-likeness (QED) is 0.641. The molecule has 1 aromatic carbocycles. The summed E-state index contributed by atoms with van der Waals surface area (Å²) in [6, 6.07) is 1.36. The maximum atomic E-state index is 13.8. The van der Waals surface area contributed by atoms with Crippen molar-refractivity contribution in [3.8, 4) is 0 Å². The van der Waals surface area contributed by atoms with Gasteiger partial charge in [-0.15, -0.1) is 0 Å². The van der Waals surface area contributed by atoms with Crippen LogP contribution in [-0.4, -0.2) is 32.2 Å². The summed E-state index contributed by atoms with van der Waals surface area (Å²) in [6.07, 6.45) is -10.9. The van der Waals surface area contributed by atoms with Crippen molar-refractivity contribution in [3.63, 3.8) is 0 Å². The third-order valence-corrected chi connectivity index (χ3v) is 5.22. The van der Waals surface area contributed by atoms with E-state index in [1.165, 1.54) is 0 Å². The molecule has 3 rings (SSSR count). The van der Waals surface area contributed by atoms with Crippen molar-refractivity contribution in [1.29, 1.82) is 0 Å². The minimum absolute atomic E-state index is 0.0425. The van der Waals surface area contributed by atoms with Gasteiger partial charge in [-0.25, -0.2) is 14.2 Å². The molecule has 0 saturated carbocycles. The number of nitrogens with zero attached hydrogens (tertiary/aromatic N) is 3. The van der Waals surface area contributed by atoms with E-state index >= 15 is 0 Å². The fourth-order valence-corrected chi connectivity index (χ4v) is 3.87. The Hall–Kier alpha value is -2.79. The first-order valence-electron chi connectivity index (χ1n) is 9.36. The van der Waals surface area contributed by atoms with Gasteiger partial charge < -0.3 is 9.67 Å². The molecule has 1 N–H and O–H groups in total. The monoisotopic (exact) mass is 453 g/mol.